The fraction of sp³-hybridized carbons (Fsp3) is 0.278. The number of carbonyl (C=O) groups excluding carboxylic acids is 1. The summed E-state index contributed by atoms with van der Waals surface area (Å²) in [6.07, 6.45) is -0.773. The average molecular weight is 351 g/mol. The molecule has 0 saturated carbocycles. The Kier molecular flexibility index (Phi) is 6.58. The molecule has 0 radical (unpaired) electrons. The fourth-order valence-corrected chi connectivity index (χ4v) is 2.30. The van der Waals surface area contributed by atoms with Gasteiger partial charge in [0.05, 0.1) is 5.02 Å². The highest BCUT2D eigenvalue weighted by Crippen LogP contribution is 2.26. The molecule has 0 aliphatic heterocycles. The van der Waals surface area contributed by atoms with Crippen molar-refractivity contribution in [3.05, 3.63) is 58.9 Å². The van der Waals surface area contributed by atoms with Gasteiger partial charge < -0.3 is 15.4 Å². The zero-order valence-corrected chi connectivity index (χ0v) is 14.4. The SMILES string of the molecule is CCNCc1cccc(NC(=O)C(C)Oc2ccc(F)cc2Cl)c1. The lowest BCUT2D eigenvalue weighted by Gasteiger charge is -2.16. The Morgan fingerprint density at radius 3 is 2.79 bits per heavy atom. The van der Waals surface area contributed by atoms with Gasteiger partial charge in [-0.1, -0.05) is 30.7 Å². The molecule has 24 heavy (non-hydrogen) atoms. The highest BCUT2D eigenvalue weighted by atomic mass is 35.5. The number of hydrogen-bond acceptors (Lipinski definition) is 3. The van der Waals surface area contributed by atoms with Crippen LogP contribution < -0.4 is 15.4 Å². The number of nitrogens with one attached hydrogen (secondary N) is 2. The molecule has 0 aliphatic rings. The Balaban J connectivity index is 1.98. The largest absolute Gasteiger partial charge is 0.479 e. The quantitative estimate of drug-likeness (QED) is 0.793. The molecule has 0 spiro atoms. The Morgan fingerprint density at radius 1 is 1.29 bits per heavy atom. The Labute approximate surface area is 146 Å². The van der Waals surface area contributed by atoms with Crippen LogP contribution in [0, 0.1) is 5.82 Å². The topological polar surface area (TPSA) is 50.4 Å². The van der Waals surface area contributed by atoms with Gasteiger partial charge in [0.25, 0.3) is 5.91 Å². The van der Waals surface area contributed by atoms with Crippen molar-refractivity contribution in [2.45, 2.75) is 26.5 Å². The van der Waals surface area contributed by atoms with Crippen LogP contribution in [0.2, 0.25) is 5.02 Å². The van der Waals surface area contributed by atoms with E-state index in [0.29, 0.717) is 5.69 Å². The van der Waals surface area contributed by atoms with E-state index < -0.39 is 11.9 Å². The number of anilines is 1. The van der Waals surface area contributed by atoms with E-state index in [4.69, 9.17) is 16.3 Å². The minimum atomic E-state index is -0.773. The molecule has 2 N–H and O–H groups in total. The minimum absolute atomic E-state index is 0.127. The summed E-state index contributed by atoms with van der Waals surface area (Å²) in [6, 6.07) is 11.4. The van der Waals surface area contributed by atoms with Gasteiger partial charge >= 0.3 is 0 Å². The van der Waals surface area contributed by atoms with Crippen LogP contribution in [0.4, 0.5) is 10.1 Å². The molecule has 0 aromatic heterocycles. The molecular formula is C18H20ClFN2O2. The van der Waals surface area contributed by atoms with Gasteiger partial charge in [-0.15, -0.1) is 0 Å². The monoisotopic (exact) mass is 350 g/mol. The molecule has 128 valence electrons. The van der Waals surface area contributed by atoms with Gasteiger partial charge in [0.2, 0.25) is 0 Å². The smallest absolute Gasteiger partial charge is 0.265 e. The molecule has 4 nitrogen and oxygen atoms in total. The zero-order chi connectivity index (χ0) is 17.5. The van der Waals surface area contributed by atoms with Crippen molar-refractivity contribution < 1.29 is 13.9 Å². The second kappa shape index (κ2) is 8.66. The Hall–Kier alpha value is -2.11. The molecule has 2 aromatic carbocycles. The first-order valence-electron chi connectivity index (χ1n) is 7.72. The van der Waals surface area contributed by atoms with E-state index in [0.717, 1.165) is 24.7 Å². The third kappa shape index (κ3) is 5.22. The predicted molar refractivity (Wildman–Crippen MR) is 94.0 cm³/mol. The van der Waals surface area contributed by atoms with E-state index in [1.54, 1.807) is 6.92 Å². The molecule has 2 rings (SSSR count). The Bertz CT molecular complexity index is 709. The lowest BCUT2D eigenvalue weighted by molar-refractivity contribution is -0.122. The maximum absolute atomic E-state index is 13.0. The van der Waals surface area contributed by atoms with Crippen LogP contribution in [0.3, 0.4) is 0 Å². The summed E-state index contributed by atoms with van der Waals surface area (Å²) in [4.78, 5) is 12.3. The van der Waals surface area contributed by atoms with E-state index in [9.17, 15) is 9.18 Å². The number of halogens is 2. The van der Waals surface area contributed by atoms with Gasteiger partial charge in [-0.3, -0.25) is 4.79 Å². The standard InChI is InChI=1S/C18H20ClFN2O2/c1-3-21-11-13-5-4-6-15(9-13)22-18(23)12(2)24-17-8-7-14(20)10-16(17)19/h4-10,12,21H,3,11H2,1-2H3,(H,22,23). The van der Waals surface area contributed by atoms with Crippen molar-refractivity contribution in [2.75, 3.05) is 11.9 Å². The number of amides is 1. The van der Waals surface area contributed by atoms with E-state index in [1.165, 1.54) is 12.1 Å². The molecule has 0 fully saturated rings. The van der Waals surface area contributed by atoms with Gasteiger partial charge in [-0.2, -0.15) is 0 Å². The van der Waals surface area contributed by atoms with Crippen LogP contribution in [0.25, 0.3) is 0 Å². The normalized spacial score (nSPS) is 11.8. The first-order valence-corrected chi connectivity index (χ1v) is 8.09. The van der Waals surface area contributed by atoms with Crippen molar-refractivity contribution in [2.24, 2.45) is 0 Å². The number of rotatable bonds is 7. The summed E-state index contributed by atoms with van der Waals surface area (Å²) in [6.45, 7) is 5.25. The second-order valence-corrected chi connectivity index (χ2v) is 5.71. The van der Waals surface area contributed by atoms with Gasteiger partial charge in [-0.05, 0) is 49.4 Å². The minimum Gasteiger partial charge on any atom is -0.479 e. The van der Waals surface area contributed by atoms with E-state index >= 15 is 0 Å². The third-order valence-electron chi connectivity index (χ3n) is 3.34. The van der Waals surface area contributed by atoms with E-state index in [2.05, 4.69) is 10.6 Å². The van der Waals surface area contributed by atoms with Crippen molar-refractivity contribution in [1.82, 2.24) is 5.32 Å². The first kappa shape index (κ1) is 18.2. The number of hydrogen-bond donors (Lipinski definition) is 2. The highest BCUT2D eigenvalue weighted by Gasteiger charge is 2.16. The summed E-state index contributed by atoms with van der Waals surface area (Å²) < 4.78 is 18.5. The molecule has 0 bridgehead atoms. The average Bonchev–Trinajstić information content (AvgIpc) is 2.55. The Morgan fingerprint density at radius 2 is 2.08 bits per heavy atom. The number of benzene rings is 2. The van der Waals surface area contributed by atoms with Crippen molar-refractivity contribution in [1.29, 1.82) is 0 Å². The lowest BCUT2D eigenvalue weighted by atomic mass is 10.2. The zero-order valence-electron chi connectivity index (χ0n) is 13.6. The van der Waals surface area contributed by atoms with Gasteiger partial charge in [-0.25, -0.2) is 4.39 Å². The summed E-state index contributed by atoms with van der Waals surface area (Å²) >= 11 is 5.90. The molecule has 1 unspecified atom stereocenters. The van der Waals surface area contributed by atoms with Crippen molar-refractivity contribution in [3.63, 3.8) is 0 Å². The van der Waals surface area contributed by atoms with Crippen LogP contribution in [0.1, 0.15) is 19.4 Å². The van der Waals surface area contributed by atoms with Crippen molar-refractivity contribution in [3.8, 4) is 5.75 Å². The highest BCUT2D eigenvalue weighted by molar-refractivity contribution is 6.32. The van der Waals surface area contributed by atoms with Crippen LogP contribution >= 0.6 is 11.6 Å². The van der Waals surface area contributed by atoms with Crippen LogP contribution in [0.15, 0.2) is 42.5 Å². The van der Waals surface area contributed by atoms with Crippen LogP contribution in [-0.2, 0) is 11.3 Å². The molecule has 1 atom stereocenters. The summed E-state index contributed by atoms with van der Waals surface area (Å²) in [5, 5.41) is 6.16. The molecule has 1 amide bonds. The molecule has 2 aromatic rings. The lowest BCUT2D eigenvalue weighted by Crippen LogP contribution is -2.30. The predicted octanol–water partition coefficient (Wildman–Crippen LogP) is 3.99. The molecule has 0 aliphatic carbocycles. The maximum atomic E-state index is 13.0. The summed E-state index contributed by atoms with van der Waals surface area (Å²) in [7, 11) is 0. The van der Waals surface area contributed by atoms with Crippen molar-refractivity contribution >= 4 is 23.2 Å². The number of ether oxygens (including phenoxy) is 1. The molecule has 0 saturated heterocycles. The van der Waals surface area contributed by atoms with Crippen LogP contribution in [-0.4, -0.2) is 18.6 Å². The van der Waals surface area contributed by atoms with Gasteiger partial charge in [0, 0.05) is 12.2 Å². The van der Waals surface area contributed by atoms with Crippen LogP contribution in [0.5, 0.6) is 5.75 Å². The number of carbonyl (C=O) groups is 1. The van der Waals surface area contributed by atoms with E-state index in [-0.39, 0.29) is 16.7 Å². The summed E-state index contributed by atoms with van der Waals surface area (Å²) in [5.74, 6) is -0.500. The fourth-order valence-electron chi connectivity index (χ4n) is 2.09. The molecule has 0 heterocycles. The third-order valence-corrected chi connectivity index (χ3v) is 3.64. The molecule has 6 heteroatoms. The molecular weight excluding hydrogens is 331 g/mol. The van der Waals surface area contributed by atoms with Gasteiger partial charge in [0.15, 0.2) is 6.10 Å². The van der Waals surface area contributed by atoms with E-state index in [1.807, 2.05) is 31.2 Å². The van der Waals surface area contributed by atoms with Gasteiger partial charge in [0.1, 0.15) is 11.6 Å². The second-order valence-electron chi connectivity index (χ2n) is 5.30. The summed E-state index contributed by atoms with van der Waals surface area (Å²) in [5.41, 5.74) is 1.76. The first-order chi connectivity index (χ1) is 11.5. The maximum Gasteiger partial charge on any atom is 0.265 e.